The predicted molar refractivity (Wildman–Crippen MR) is 109 cm³/mol. The molecule has 1 amide bonds. The van der Waals surface area contributed by atoms with Crippen LogP contribution in [0, 0.1) is 19.8 Å². The van der Waals surface area contributed by atoms with E-state index in [1.54, 1.807) is 0 Å². The molecule has 1 aromatic rings. The summed E-state index contributed by atoms with van der Waals surface area (Å²) in [5, 5.41) is 7.87. The summed E-state index contributed by atoms with van der Waals surface area (Å²) in [7, 11) is 1.97. The molecule has 2 aliphatic heterocycles. The first-order valence-electron chi connectivity index (χ1n) is 9.20. The van der Waals surface area contributed by atoms with E-state index in [4.69, 9.17) is 0 Å². The lowest BCUT2D eigenvalue weighted by atomic mass is 9.98. The van der Waals surface area contributed by atoms with Gasteiger partial charge in [-0.15, -0.1) is 24.8 Å². The molecule has 2 fully saturated rings. The molecule has 0 saturated carbocycles. The maximum absolute atomic E-state index is 12.9. The standard InChI is InChI=1S/C18H31N5O.2ClH/c1-13(11-17-14(2)20-21(4)15(17)3)18(24)23-8-5-16(12-23)22-9-6-19-7-10-22;;/h13,16,19H,5-12H2,1-4H3;2*1H. The summed E-state index contributed by atoms with van der Waals surface area (Å²) in [5.74, 6) is 0.323. The Kier molecular flexibility index (Phi) is 8.86. The average molecular weight is 406 g/mol. The number of aromatic nitrogens is 2. The summed E-state index contributed by atoms with van der Waals surface area (Å²) in [5.41, 5.74) is 3.46. The average Bonchev–Trinajstić information content (AvgIpc) is 3.16. The van der Waals surface area contributed by atoms with Crippen LogP contribution in [0.4, 0.5) is 0 Å². The van der Waals surface area contributed by atoms with Gasteiger partial charge in [-0.25, -0.2) is 0 Å². The topological polar surface area (TPSA) is 53.4 Å². The Balaban J connectivity index is 0.00000169. The van der Waals surface area contributed by atoms with Crippen LogP contribution in [-0.2, 0) is 18.3 Å². The number of piperazine rings is 1. The molecule has 0 aromatic carbocycles. The zero-order chi connectivity index (χ0) is 17.3. The second kappa shape index (κ2) is 9.93. The molecule has 3 heterocycles. The fourth-order valence-electron chi connectivity index (χ4n) is 4.11. The molecule has 1 N–H and O–H groups in total. The zero-order valence-electron chi connectivity index (χ0n) is 16.3. The Morgan fingerprint density at radius 1 is 1.23 bits per heavy atom. The van der Waals surface area contributed by atoms with Gasteiger partial charge in [0.25, 0.3) is 0 Å². The van der Waals surface area contributed by atoms with Gasteiger partial charge in [0.15, 0.2) is 0 Å². The highest BCUT2D eigenvalue weighted by Gasteiger charge is 2.33. The van der Waals surface area contributed by atoms with E-state index in [0.717, 1.165) is 57.8 Å². The molecule has 150 valence electrons. The number of nitrogens with zero attached hydrogens (tertiary/aromatic N) is 4. The molecule has 3 rings (SSSR count). The number of hydrogen-bond acceptors (Lipinski definition) is 4. The normalized spacial score (nSPS) is 21.8. The van der Waals surface area contributed by atoms with Gasteiger partial charge >= 0.3 is 0 Å². The molecule has 26 heavy (non-hydrogen) atoms. The van der Waals surface area contributed by atoms with E-state index in [0.29, 0.717) is 11.9 Å². The third-order valence-electron chi connectivity index (χ3n) is 5.73. The number of likely N-dealkylation sites (tertiary alicyclic amines) is 1. The summed E-state index contributed by atoms with van der Waals surface area (Å²) < 4.78 is 1.91. The van der Waals surface area contributed by atoms with Crippen LogP contribution in [0.25, 0.3) is 0 Å². The van der Waals surface area contributed by atoms with Crippen LogP contribution >= 0.6 is 24.8 Å². The highest BCUT2D eigenvalue weighted by molar-refractivity contribution is 5.85. The van der Waals surface area contributed by atoms with Crippen molar-refractivity contribution in [3.05, 3.63) is 17.0 Å². The van der Waals surface area contributed by atoms with Gasteiger partial charge in [0.2, 0.25) is 5.91 Å². The molecule has 0 radical (unpaired) electrons. The van der Waals surface area contributed by atoms with Crippen molar-refractivity contribution in [2.24, 2.45) is 13.0 Å². The van der Waals surface area contributed by atoms with Crippen LogP contribution in [-0.4, -0.2) is 70.8 Å². The van der Waals surface area contributed by atoms with Gasteiger partial charge in [-0.2, -0.15) is 5.10 Å². The van der Waals surface area contributed by atoms with Gasteiger partial charge in [0.05, 0.1) is 5.69 Å². The van der Waals surface area contributed by atoms with Gasteiger partial charge < -0.3 is 10.2 Å². The van der Waals surface area contributed by atoms with Crippen molar-refractivity contribution in [2.45, 2.75) is 39.7 Å². The molecule has 6 nitrogen and oxygen atoms in total. The van der Waals surface area contributed by atoms with Crippen molar-refractivity contribution < 1.29 is 4.79 Å². The Morgan fingerprint density at radius 3 is 2.46 bits per heavy atom. The van der Waals surface area contributed by atoms with Crippen molar-refractivity contribution in [3.63, 3.8) is 0 Å². The molecule has 0 bridgehead atoms. The molecule has 8 heteroatoms. The van der Waals surface area contributed by atoms with E-state index in [-0.39, 0.29) is 30.7 Å². The smallest absolute Gasteiger partial charge is 0.225 e. The van der Waals surface area contributed by atoms with E-state index in [1.165, 1.54) is 11.3 Å². The molecular weight excluding hydrogens is 373 g/mol. The Hall–Kier alpha value is -0.820. The SMILES string of the molecule is Cc1nn(C)c(C)c1CC(C)C(=O)N1CCC(N2CCNCC2)C1.Cl.Cl. The van der Waals surface area contributed by atoms with E-state index < -0.39 is 0 Å². The predicted octanol–water partition coefficient (Wildman–Crippen LogP) is 1.57. The quantitative estimate of drug-likeness (QED) is 0.825. The largest absolute Gasteiger partial charge is 0.341 e. The lowest BCUT2D eigenvalue weighted by Crippen LogP contribution is -2.49. The van der Waals surface area contributed by atoms with Gasteiger partial charge in [-0.1, -0.05) is 6.92 Å². The first kappa shape index (κ1) is 23.2. The summed E-state index contributed by atoms with van der Waals surface area (Å²) in [6.45, 7) is 12.3. The number of carbonyl (C=O) groups is 1. The molecule has 0 aliphatic carbocycles. The second-order valence-electron chi connectivity index (χ2n) is 7.39. The van der Waals surface area contributed by atoms with Crippen molar-refractivity contribution >= 4 is 30.7 Å². The minimum absolute atomic E-state index is 0. The number of nitrogens with one attached hydrogen (secondary N) is 1. The summed E-state index contributed by atoms with van der Waals surface area (Å²) >= 11 is 0. The number of amides is 1. The minimum Gasteiger partial charge on any atom is -0.341 e. The van der Waals surface area contributed by atoms with Gasteiger partial charge in [-0.05, 0) is 32.3 Å². The van der Waals surface area contributed by atoms with Crippen LogP contribution in [0.15, 0.2) is 0 Å². The molecule has 1 aromatic heterocycles. The van der Waals surface area contributed by atoms with Crippen LogP contribution in [0.5, 0.6) is 0 Å². The highest BCUT2D eigenvalue weighted by atomic mass is 35.5. The van der Waals surface area contributed by atoms with Crippen LogP contribution in [0.2, 0.25) is 0 Å². The minimum atomic E-state index is 0. The summed E-state index contributed by atoms with van der Waals surface area (Å²) in [4.78, 5) is 17.5. The Bertz CT molecular complexity index is 601. The van der Waals surface area contributed by atoms with Crippen molar-refractivity contribution in [1.29, 1.82) is 0 Å². The van der Waals surface area contributed by atoms with Crippen LogP contribution < -0.4 is 5.32 Å². The Morgan fingerprint density at radius 2 is 1.88 bits per heavy atom. The number of hydrogen-bond donors (Lipinski definition) is 1. The lowest BCUT2D eigenvalue weighted by Gasteiger charge is -2.32. The van der Waals surface area contributed by atoms with Gasteiger partial charge in [-0.3, -0.25) is 14.4 Å². The lowest BCUT2D eigenvalue weighted by molar-refractivity contribution is -0.134. The number of aryl methyl sites for hydroxylation is 2. The van der Waals surface area contributed by atoms with Crippen molar-refractivity contribution in [3.8, 4) is 0 Å². The first-order chi connectivity index (χ1) is 11.5. The number of halogens is 2. The third-order valence-corrected chi connectivity index (χ3v) is 5.73. The van der Waals surface area contributed by atoms with Crippen molar-refractivity contribution in [1.82, 2.24) is 24.9 Å². The molecule has 0 spiro atoms. The Labute approximate surface area is 169 Å². The maximum atomic E-state index is 12.9. The van der Waals surface area contributed by atoms with E-state index in [1.807, 2.05) is 18.7 Å². The molecule has 2 unspecified atom stereocenters. The molecular formula is C18H33Cl2N5O. The number of carbonyl (C=O) groups excluding carboxylic acids is 1. The molecule has 2 aliphatic rings. The number of rotatable bonds is 4. The first-order valence-corrected chi connectivity index (χ1v) is 9.20. The van der Waals surface area contributed by atoms with Crippen LogP contribution in [0.3, 0.4) is 0 Å². The van der Waals surface area contributed by atoms with E-state index in [2.05, 4.69) is 34.1 Å². The highest BCUT2D eigenvalue weighted by Crippen LogP contribution is 2.22. The van der Waals surface area contributed by atoms with Gasteiger partial charge in [0.1, 0.15) is 0 Å². The van der Waals surface area contributed by atoms with E-state index in [9.17, 15) is 4.79 Å². The maximum Gasteiger partial charge on any atom is 0.225 e. The monoisotopic (exact) mass is 405 g/mol. The van der Waals surface area contributed by atoms with Crippen LogP contribution in [0.1, 0.15) is 30.3 Å². The molecule has 2 atom stereocenters. The third kappa shape index (κ3) is 4.91. The molecule has 2 saturated heterocycles. The fourth-order valence-corrected chi connectivity index (χ4v) is 4.11. The van der Waals surface area contributed by atoms with Gasteiger partial charge in [0, 0.05) is 64.0 Å². The summed E-state index contributed by atoms with van der Waals surface area (Å²) in [6.07, 6.45) is 1.91. The summed E-state index contributed by atoms with van der Waals surface area (Å²) in [6, 6.07) is 0.546. The second-order valence-corrected chi connectivity index (χ2v) is 7.39. The van der Waals surface area contributed by atoms with E-state index >= 15 is 0 Å². The fraction of sp³-hybridized carbons (Fsp3) is 0.778. The zero-order valence-corrected chi connectivity index (χ0v) is 18.0. The van der Waals surface area contributed by atoms with Crippen molar-refractivity contribution in [2.75, 3.05) is 39.3 Å².